The van der Waals surface area contributed by atoms with Gasteiger partial charge in [0.25, 0.3) is 0 Å². The second-order valence-corrected chi connectivity index (χ2v) is 6.06. The SMILES string of the molecule is CCN(CC)Cc1ccccc1CNC(=O)N1CCCC1CO. The van der Waals surface area contributed by atoms with E-state index in [9.17, 15) is 9.90 Å². The molecule has 1 unspecified atom stereocenters. The second kappa shape index (κ2) is 8.89. The maximum atomic E-state index is 12.3. The third-order valence-corrected chi connectivity index (χ3v) is 4.69. The van der Waals surface area contributed by atoms with Crippen molar-refractivity contribution in [3.05, 3.63) is 35.4 Å². The molecule has 2 amide bonds. The first kappa shape index (κ1) is 17.8. The zero-order valence-corrected chi connectivity index (χ0v) is 14.3. The van der Waals surface area contributed by atoms with Crippen molar-refractivity contribution >= 4 is 6.03 Å². The number of nitrogens with one attached hydrogen (secondary N) is 1. The summed E-state index contributed by atoms with van der Waals surface area (Å²) in [6, 6.07) is 8.17. The highest BCUT2D eigenvalue weighted by atomic mass is 16.3. The average molecular weight is 319 g/mol. The molecule has 1 aromatic carbocycles. The molecule has 1 saturated heterocycles. The summed E-state index contributed by atoms with van der Waals surface area (Å²) in [6.45, 7) is 8.58. The molecule has 0 aromatic heterocycles. The molecule has 1 aliphatic rings. The Morgan fingerprint density at radius 3 is 2.65 bits per heavy atom. The summed E-state index contributed by atoms with van der Waals surface area (Å²) in [7, 11) is 0. The van der Waals surface area contributed by atoms with Crippen molar-refractivity contribution in [2.45, 2.75) is 45.8 Å². The molecule has 0 saturated carbocycles. The minimum atomic E-state index is -0.0702. The minimum absolute atomic E-state index is 0.0269. The number of aliphatic hydroxyl groups is 1. The Morgan fingerprint density at radius 1 is 1.30 bits per heavy atom. The highest BCUT2D eigenvalue weighted by Gasteiger charge is 2.27. The van der Waals surface area contributed by atoms with Crippen molar-refractivity contribution in [1.29, 1.82) is 0 Å². The van der Waals surface area contributed by atoms with Gasteiger partial charge in [-0.25, -0.2) is 4.79 Å². The lowest BCUT2D eigenvalue weighted by Crippen LogP contribution is -2.44. The van der Waals surface area contributed by atoms with Gasteiger partial charge >= 0.3 is 6.03 Å². The molecule has 1 heterocycles. The van der Waals surface area contributed by atoms with Crippen LogP contribution in [0.15, 0.2) is 24.3 Å². The Hall–Kier alpha value is -1.59. The molecule has 1 aromatic rings. The largest absolute Gasteiger partial charge is 0.394 e. The lowest BCUT2D eigenvalue weighted by Gasteiger charge is -2.24. The van der Waals surface area contributed by atoms with Gasteiger partial charge in [-0.05, 0) is 37.1 Å². The van der Waals surface area contributed by atoms with E-state index in [2.05, 4.69) is 36.2 Å². The summed E-state index contributed by atoms with van der Waals surface area (Å²) in [6.07, 6.45) is 1.86. The zero-order chi connectivity index (χ0) is 16.7. The summed E-state index contributed by atoms with van der Waals surface area (Å²) < 4.78 is 0. The smallest absolute Gasteiger partial charge is 0.317 e. The van der Waals surface area contributed by atoms with E-state index in [0.29, 0.717) is 6.54 Å². The molecular formula is C18H29N3O2. The normalized spacial score (nSPS) is 17.7. The fraction of sp³-hybridized carbons (Fsp3) is 0.611. The standard InChI is InChI=1S/C18H29N3O2/c1-3-20(4-2)13-16-9-6-5-8-15(16)12-19-18(23)21-11-7-10-17(21)14-22/h5-6,8-9,17,22H,3-4,7,10-14H2,1-2H3,(H,19,23). The topological polar surface area (TPSA) is 55.8 Å². The molecule has 1 atom stereocenters. The quantitative estimate of drug-likeness (QED) is 0.810. The van der Waals surface area contributed by atoms with Crippen molar-refractivity contribution in [1.82, 2.24) is 15.1 Å². The van der Waals surface area contributed by atoms with Crippen LogP contribution in [0.4, 0.5) is 4.79 Å². The van der Waals surface area contributed by atoms with Crippen molar-refractivity contribution in [3.63, 3.8) is 0 Å². The molecule has 0 spiro atoms. The van der Waals surface area contributed by atoms with E-state index < -0.39 is 0 Å². The van der Waals surface area contributed by atoms with Crippen LogP contribution in [0, 0.1) is 0 Å². The molecule has 0 radical (unpaired) electrons. The van der Waals surface area contributed by atoms with E-state index in [0.717, 1.165) is 44.6 Å². The van der Waals surface area contributed by atoms with Crippen LogP contribution >= 0.6 is 0 Å². The molecule has 0 aliphatic carbocycles. The van der Waals surface area contributed by atoms with Gasteiger partial charge < -0.3 is 15.3 Å². The number of urea groups is 1. The van der Waals surface area contributed by atoms with Crippen LogP contribution in [0.5, 0.6) is 0 Å². The second-order valence-electron chi connectivity index (χ2n) is 6.06. The number of nitrogens with zero attached hydrogens (tertiary/aromatic N) is 2. The first-order valence-corrected chi connectivity index (χ1v) is 8.64. The minimum Gasteiger partial charge on any atom is -0.394 e. The lowest BCUT2D eigenvalue weighted by molar-refractivity contribution is 0.157. The number of carbonyl (C=O) groups is 1. The Labute approximate surface area is 139 Å². The van der Waals surface area contributed by atoms with Crippen LogP contribution in [-0.4, -0.2) is 53.2 Å². The fourth-order valence-electron chi connectivity index (χ4n) is 3.14. The van der Waals surface area contributed by atoms with Gasteiger partial charge in [-0.3, -0.25) is 4.90 Å². The Balaban J connectivity index is 1.96. The Bertz CT molecular complexity index is 503. The predicted molar refractivity (Wildman–Crippen MR) is 92.1 cm³/mol. The number of aliphatic hydroxyl groups excluding tert-OH is 1. The van der Waals surface area contributed by atoms with Crippen LogP contribution in [0.3, 0.4) is 0 Å². The van der Waals surface area contributed by atoms with Gasteiger partial charge in [0.15, 0.2) is 0 Å². The fourth-order valence-corrected chi connectivity index (χ4v) is 3.14. The number of hydrogen-bond donors (Lipinski definition) is 2. The van der Waals surface area contributed by atoms with Crippen molar-refractivity contribution in [2.75, 3.05) is 26.2 Å². The van der Waals surface area contributed by atoms with Gasteiger partial charge in [0.1, 0.15) is 0 Å². The first-order chi connectivity index (χ1) is 11.2. The van der Waals surface area contributed by atoms with Crippen LogP contribution in [0.2, 0.25) is 0 Å². The maximum Gasteiger partial charge on any atom is 0.317 e. The van der Waals surface area contributed by atoms with Crippen molar-refractivity contribution < 1.29 is 9.90 Å². The summed E-state index contributed by atoms with van der Waals surface area (Å²) >= 11 is 0. The number of amides is 2. The van der Waals surface area contributed by atoms with Crippen LogP contribution in [0.25, 0.3) is 0 Å². The molecular weight excluding hydrogens is 290 g/mol. The number of benzene rings is 1. The van der Waals surface area contributed by atoms with E-state index in [1.165, 1.54) is 5.56 Å². The molecule has 128 valence electrons. The van der Waals surface area contributed by atoms with E-state index >= 15 is 0 Å². The summed E-state index contributed by atoms with van der Waals surface area (Å²) in [5.41, 5.74) is 2.42. The molecule has 2 rings (SSSR count). The monoisotopic (exact) mass is 319 g/mol. The summed E-state index contributed by atoms with van der Waals surface area (Å²) in [5, 5.41) is 12.4. The highest BCUT2D eigenvalue weighted by Crippen LogP contribution is 2.17. The zero-order valence-electron chi connectivity index (χ0n) is 14.3. The first-order valence-electron chi connectivity index (χ1n) is 8.64. The van der Waals surface area contributed by atoms with Gasteiger partial charge in [-0.1, -0.05) is 38.1 Å². The number of carbonyl (C=O) groups excluding carboxylic acids is 1. The number of likely N-dealkylation sites (tertiary alicyclic amines) is 1. The lowest BCUT2D eigenvalue weighted by atomic mass is 10.1. The third-order valence-electron chi connectivity index (χ3n) is 4.69. The predicted octanol–water partition coefficient (Wildman–Crippen LogP) is 2.19. The summed E-state index contributed by atoms with van der Waals surface area (Å²) in [5.74, 6) is 0. The summed E-state index contributed by atoms with van der Waals surface area (Å²) in [4.78, 5) is 16.4. The van der Waals surface area contributed by atoms with E-state index in [-0.39, 0.29) is 18.7 Å². The van der Waals surface area contributed by atoms with Crippen LogP contribution in [0.1, 0.15) is 37.8 Å². The van der Waals surface area contributed by atoms with Crippen molar-refractivity contribution in [3.8, 4) is 0 Å². The molecule has 1 aliphatic heterocycles. The van der Waals surface area contributed by atoms with E-state index in [1.807, 2.05) is 12.1 Å². The third kappa shape index (κ3) is 4.69. The molecule has 23 heavy (non-hydrogen) atoms. The highest BCUT2D eigenvalue weighted by molar-refractivity contribution is 5.74. The van der Waals surface area contributed by atoms with Crippen LogP contribution < -0.4 is 5.32 Å². The molecule has 5 nitrogen and oxygen atoms in total. The molecule has 5 heteroatoms. The maximum absolute atomic E-state index is 12.3. The Kier molecular flexibility index (Phi) is 6.86. The van der Waals surface area contributed by atoms with Gasteiger partial charge in [-0.15, -0.1) is 0 Å². The molecule has 1 fully saturated rings. The van der Waals surface area contributed by atoms with Gasteiger partial charge in [-0.2, -0.15) is 0 Å². The molecule has 2 N–H and O–H groups in total. The van der Waals surface area contributed by atoms with Gasteiger partial charge in [0.05, 0.1) is 12.6 Å². The van der Waals surface area contributed by atoms with E-state index in [1.54, 1.807) is 4.90 Å². The number of hydrogen-bond acceptors (Lipinski definition) is 3. The Morgan fingerprint density at radius 2 is 2.00 bits per heavy atom. The van der Waals surface area contributed by atoms with Crippen molar-refractivity contribution in [2.24, 2.45) is 0 Å². The number of rotatable bonds is 7. The van der Waals surface area contributed by atoms with Crippen LogP contribution in [-0.2, 0) is 13.1 Å². The average Bonchev–Trinajstić information content (AvgIpc) is 3.07. The van der Waals surface area contributed by atoms with Gasteiger partial charge in [0, 0.05) is 19.6 Å². The van der Waals surface area contributed by atoms with E-state index in [4.69, 9.17) is 0 Å². The molecule has 0 bridgehead atoms. The van der Waals surface area contributed by atoms with Gasteiger partial charge in [0.2, 0.25) is 0 Å².